The molecule has 2 aromatic carbocycles. The van der Waals surface area contributed by atoms with Crippen molar-refractivity contribution in [3.8, 4) is 5.75 Å². The number of nitrogens with one attached hydrogen (secondary N) is 3. The van der Waals surface area contributed by atoms with E-state index in [1.165, 1.54) is 0 Å². The van der Waals surface area contributed by atoms with E-state index in [1.807, 2.05) is 62.4 Å². The highest BCUT2D eigenvalue weighted by atomic mass is 32.1. The molecule has 1 aliphatic rings. The van der Waals surface area contributed by atoms with Gasteiger partial charge >= 0.3 is 0 Å². The summed E-state index contributed by atoms with van der Waals surface area (Å²) in [5.74, 6) is 0.553. The molecule has 0 spiro atoms. The first-order valence-electron chi connectivity index (χ1n) is 8.29. The first-order chi connectivity index (χ1) is 12.5. The monoisotopic (exact) mass is 367 g/mol. The number of para-hydroxylation sites is 1. The normalized spacial score (nSPS) is 16.6. The number of rotatable bonds is 4. The molecule has 134 valence electrons. The van der Waals surface area contributed by atoms with E-state index >= 15 is 0 Å². The number of hydrogen-bond donors (Lipinski definition) is 3. The van der Waals surface area contributed by atoms with E-state index in [0.717, 1.165) is 28.3 Å². The molecular weight excluding hydrogens is 346 g/mol. The fourth-order valence-corrected chi connectivity index (χ4v) is 3.24. The zero-order valence-corrected chi connectivity index (χ0v) is 15.7. The predicted octanol–water partition coefficient (Wildman–Crippen LogP) is 3.44. The molecule has 1 aliphatic heterocycles. The lowest BCUT2D eigenvalue weighted by Gasteiger charge is -2.30. The largest absolute Gasteiger partial charge is 0.497 e. The number of carbonyl (C=O) groups excluding carboxylic acids is 1. The number of anilines is 1. The molecule has 0 saturated carbocycles. The summed E-state index contributed by atoms with van der Waals surface area (Å²) in [4.78, 5) is 13.1. The van der Waals surface area contributed by atoms with Crippen molar-refractivity contribution in [2.45, 2.75) is 19.9 Å². The molecule has 3 N–H and O–H groups in total. The molecule has 0 aliphatic carbocycles. The molecule has 0 aromatic heterocycles. The van der Waals surface area contributed by atoms with Crippen LogP contribution in [0, 0.1) is 6.92 Å². The number of hydrogen-bond acceptors (Lipinski definition) is 3. The van der Waals surface area contributed by atoms with Gasteiger partial charge in [-0.15, -0.1) is 0 Å². The van der Waals surface area contributed by atoms with Crippen molar-refractivity contribution >= 4 is 28.9 Å². The van der Waals surface area contributed by atoms with Crippen LogP contribution in [0.3, 0.4) is 0 Å². The van der Waals surface area contributed by atoms with Gasteiger partial charge in [0.15, 0.2) is 5.11 Å². The van der Waals surface area contributed by atoms with E-state index in [4.69, 9.17) is 17.0 Å². The summed E-state index contributed by atoms with van der Waals surface area (Å²) in [7, 11) is 1.62. The van der Waals surface area contributed by atoms with Gasteiger partial charge in [0.05, 0.1) is 18.7 Å². The lowest BCUT2D eigenvalue weighted by Crippen LogP contribution is -2.45. The van der Waals surface area contributed by atoms with E-state index in [-0.39, 0.29) is 11.9 Å². The molecule has 1 amide bonds. The molecule has 5 nitrogen and oxygen atoms in total. The number of thiocarbonyl (C=S) groups is 1. The highest BCUT2D eigenvalue weighted by molar-refractivity contribution is 7.80. The van der Waals surface area contributed by atoms with Crippen LogP contribution in [-0.2, 0) is 4.79 Å². The van der Waals surface area contributed by atoms with Gasteiger partial charge in [0.2, 0.25) is 0 Å². The zero-order valence-electron chi connectivity index (χ0n) is 14.9. The fraction of sp³-hybridized carbons (Fsp3) is 0.200. The van der Waals surface area contributed by atoms with Gasteiger partial charge in [0, 0.05) is 11.4 Å². The van der Waals surface area contributed by atoms with Crippen LogP contribution in [0.1, 0.15) is 24.1 Å². The molecule has 0 radical (unpaired) electrons. The van der Waals surface area contributed by atoms with Crippen LogP contribution < -0.4 is 20.7 Å². The summed E-state index contributed by atoms with van der Waals surface area (Å²) in [6.07, 6.45) is 0. The maximum absolute atomic E-state index is 13.1. The highest BCUT2D eigenvalue weighted by Gasteiger charge is 2.30. The number of methoxy groups -OCH3 is 1. The van der Waals surface area contributed by atoms with Crippen LogP contribution in [0.25, 0.3) is 0 Å². The predicted molar refractivity (Wildman–Crippen MR) is 107 cm³/mol. The van der Waals surface area contributed by atoms with Crippen LogP contribution in [0.5, 0.6) is 5.75 Å². The molecule has 6 heteroatoms. The summed E-state index contributed by atoms with van der Waals surface area (Å²) < 4.78 is 5.31. The summed E-state index contributed by atoms with van der Waals surface area (Å²) >= 11 is 5.29. The minimum absolute atomic E-state index is 0.174. The lowest BCUT2D eigenvalue weighted by atomic mass is 9.94. The van der Waals surface area contributed by atoms with Crippen molar-refractivity contribution in [1.29, 1.82) is 0 Å². The first-order valence-corrected chi connectivity index (χ1v) is 8.69. The second-order valence-corrected chi connectivity index (χ2v) is 6.52. The number of allylic oxidation sites excluding steroid dienone is 1. The Morgan fingerprint density at radius 1 is 1.15 bits per heavy atom. The van der Waals surface area contributed by atoms with Crippen LogP contribution in [0.15, 0.2) is 59.8 Å². The van der Waals surface area contributed by atoms with Gasteiger partial charge < -0.3 is 20.7 Å². The average Bonchev–Trinajstić information content (AvgIpc) is 2.63. The first kappa shape index (κ1) is 17.9. The summed E-state index contributed by atoms with van der Waals surface area (Å²) in [5.41, 5.74) is 4.02. The Bertz CT molecular complexity index is 892. The van der Waals surface area contributed by atoms with Gasteiger partial charge in [0.1, 0.15) is 5.75 Å². The number of carbonyl (C=O) groups is 1. The number of ether oxygens (including phenoxy) is 1. The van der Waals surface area contributed by atoms with Crippen molar-refractivity contribution in [1.82, 2.24) is 10.6 Å². The van der Waals surface area contributed by atoms with Crippen molar-refractivity contribution in [3.63, 3.8) is 0 Å². The van der Waals surface area contributed by atoms with Gasteiger partial charge in [-0.1, -0.05) is 30.3 Å². The Morgan fingerprint density at radius 3 is 2.65 bits per heavy atom. The van der Waals surface area contributed by atoms with E-state index in [1.54, 1.807) is 7.11 Å². The Morgan fingerprint density at radius 2 is 1.92 bits per heavy atom. The van der Waals surface area contributed by atoms with E-state index in [2.05, 4.69) is 16.0 Å². The standard InChI is InChI=1S/C20H21N3O2S/c1-12-7-4-5-10-16(12)22-19(24)17-13(2)21-20(26)23-18(17)14-8-6-9-15(11-14)25-3/h4-11,18H,1-3H3,(H,22,24)(H2,21,23,26)/t18-/m0/s1. The van der Waals surface area contributed by atoms with Crippen LogP contribution in [-0.4, -0.2) is 18.1 Å². The Balaban J connectivity index is 1.97. The second kappa shape index (κ2) is 7.58. The van der Waals surface area contributed by atoms with Gasteiger partial charge in [-0.05, 0) is 55.4 Å². The molecule has 3 rings (SSSR count). The zero-order chi connectivity index (χ0) is 18.7. The number of aryl methyl sites for hydroxylation is 1. The SMILES string of the molecule is COc1cccc([C@@H]2NC(=S)NC(C)=C2C(=O)Nc2ccccc2C)c1. The second-order valence-electron chi connectivity index (χ2n) is 6.12. The lowest BCUT2D eigenvalue weighted by molar-refractivity contribution is -0.113. The summed E-state index contributed by atoms with van der Waals surface area (Å²) in [6.45, 7) is 3.82. The van der Waals surface area contributed by atoms with Gasteiger partial charge in [0.25, 0.3) is 5.91 Å². The molecule has 0 unspecified atom stereocenters. The summed E-state index contributed by atoms with van der Waals surface area (Å²) in [5, 5.41) is 9.73. The van der Waals surface area contributed by atoms with Gasteiger partial charge in [-0.25, -0.2) is 0 Å². The smallest absolute Gasteiger partial charge is 0.255 e. The number of benzene rings is 2. The third kappa shape index (κ3) is 3.70. The van der Waals surface area contributed by atoms with Crippen LogP contribution >= 0.6 is 12.2 Å². The molecule has 26 heavy (non-hydrogen) atoms. The van der Waals surface area contributed by atoms with E-state index in [0.29, 0.717) is 10.7 Å². The van der Waals surface area contributed by atoms with Crippen molar-refractivity contribution in [2.24, 2.45) is 0 Å². The van der Waals surface area contributed by atoms with Crippen LogP contribution in [0.4, 0.5) is 5.69 Å². The molecule has 2 aromatic rings. The van der Waals surface area contributed by atoms with Gasteiger partial charge in [-0.2, -0.15) is 0 Å². The quantitative estimate of drug-likeness (QED) is 0.723. The maximum atomic E-state index is 13.1. The van der Waals surface area contributed by atoms with E-state index < -0.39 is 0 Å². The average molecular weight is 367 g/mol. The van der Waals surface area contributed by atoms with Gasteiger partial charge in [-0.3, -0.25) is 4.79 Å². The Hall–Kier alpha value is -2.86. The van der Waals surface area contributed by atoms with Crippen molar-refractivity contribution in [2.75, 3.05) is 12.4 Å². The molecular formula is C20H21N3O2S. The van der Waals surface area contributed by atoms with Crippen LogP contribution in [0.2, 0.25) is 0 Å². The Labute approximate surface area is 158 Å². The minimum Gasteiger partial charge on any atom is -0.497 e. The minimum atomic E-state index is -0.358. The summed E-state index contributed by atoms with van der Waals surface area (Å²) in [6, 6.07) is 14.9. The molecule has 1 atom stereocenters. The molecule has 0 bridgehead atoms. The van der Waals surface area contributed by atoms with E-state index in [9.17, 15) is 4.79 Å². The molecule has 0 saturated heterocycles. The third-order valence-corrected chi connectivity index (χ3v) is 4.55. The number of amides is 1. The molecule has 1 heterocycles. The fourth-order valence-electron chi connectivity index (χ4n) is 2.97. The highest BCUT2D eigenvalue weighted by Crippen LogP contribution is 2.30. The van der Waals surface area contributed by atoms with Crippen molar-refractivity contribution in [3.05, 3.63) is 70.9 Å². The topological polar surface area (TPSA) is 62.4 Å². The third-order valence-electron chi connectivity index (χ3n) is 4.33. The molecule has 0 fully saturated rings. The Kier molecular flexibility index (Phi) is 5.23. The maximum Gasteiger partial charge on any atom is 0.255 e. The van der Waals surface area contributed by atoms with Crippen molar-refractivity contribution < 1.29 is 9.53 Å².